The molecule has 5 rings (SSSR count). The highest BCUT2D eigenvalue weighted by Crippen LogP contribution is 2.29. The number of fused-ring (bicyclic) bond motifs is 1. The van der Waals surface area contributed by atoms with E-state index < -0.39 is 0 Å². The summed E-state index contributed by atoms with van der Waals surface area (Å²) in [6.45, 7) is 11.4. The van der Waals surface area contributed by atoms with E-state index in [1.165, 1.54) is 11.3 Å². The zero-order valence-electron chi connectivity index (χ0n) is 23.0. The molecule has 3 N–H and O–H groups in total. The molecule has 2 amide bonds. The van der Waals surface area contributed by atoms with Gasteiger partial charge in [-0.3, -0.25) is 4.90 Å². The predicted octanol–water partition coefficient (Wildman–Crippen LogP) is 5.52. The molecule has 1 saturated heterocycles. The van der Waals surface area contributed by atoms with Gasteiger partial charge < -0.3 is 25.3 Å². The van der Waals surface area contributed by atoms with Gasteiger partial charge in [0.15, 0.2) is 0 Å². The number of aromatic amines is 1. The van der Waals surface area contributed by atoms with E-state index in [9.17, 15) is 4.79 Å². The molecular weight excluding hydrogens is 488 g/mol. The van der Waals surface area contributed by atoms with Crippen molar-refractivity contribution in [3.05, 3.63) is 72.3 Å². The molecule has 4 aromatic rings. The summed E-state index contributed by atoms with van der Waals surface area (Å²) in [5.74, 6) is 1.72. The number of nitrogens with one attached hydrogen (secondary N) is 3. The molecule has 1 aliphatic rings. The van der Waals surface area contributed by atoms with Crippen molar-refractivity contribution in [3.63, 3.8) is 0 Å². The number of para-hydroxylation sites is 1. The third-order valence-electron chi connectivity index (χ3n) is 7.05. The van der Waals surface area contributed by atoms with Crippen LogP contribution in [-0.2, 0) is 6.42 Å². The fourth-order valence-electron chi connectivity index (χ4n) is 4.88. The van der Waals surface area contributed by atoms with Crippen LogP contribution < -0.4 is 20.3 Å². The van der Waals surface area contributed by atoms with E-state index in [-0.39, 0.29) is 12.1 Å². The van der Waals surface area contributed by atoms with E-state index in [1.54, 1.807) is 0 Å². The second-order valence-corrected chi connectivity index (χ2v) is 10.3. The van der Waals surface area contributed by atoms with Crippen molar-refractivity contribution in [2.24, 2.45) is 0 Å². The molecule has 8 heteroatoms. The van der Waals surface area contributed by atoms with Gasteiger partial charge in [0.05, 0.1) is 11.2 Å². The van der Waals surface area contributed by atoms with Gasteiger partial charge in [-0.05, 0) is 62.2 Å². The number of urea groups is 1. The summed E-state index contributed by atoms with van der Waals surface area (Å²) in [6.07, 6.45) is 1.04. The molecule has 0 unspecified atom stereocenters. The first-order valence-corrected chi connectivity index (χ1v) is 13.8. The topological polar surface area (TPSA) is 85.5 Å². The number of carbonyl (C=O) groups is 1. The van der Waals surface area contributed by atoms with Gasteiger partial charge in [-0.15, -0.1) is 0 Å². The highest BCUT2D eigenvalue weighted by Gasteiger charge is 2.20. The molecule has 0 spiro atoms. The fraction of sp³-hybridized carbons (Fsp3) is 0.355. The van der Waals surface area contributed by atoms with Crippen molar-refractivity contribution in [2.75, 3.05) is 49.5 Å². The SMILES string of the molecule is CCc1ccc(-c2nc3c(N4CCN(CCOc5ccc(NC(=O)NC(C)C)cc5)CC4)cccc3[nH]2)cc1. The Balaban J connectivity index is 1.12. The summed E-state index contributed by atoms with van der Waals surface area (Å²) in [6, 6.07) is 22.4. The molecule has 39 heavy (non-hydrogen) atoms. The van der Waals surface area contributed by atoms with Gasteiger partial charge in [-0.25, -0.2) is 9.78 Å². The highest BCUT2D eigenvalue weighted by atomic mass is 16.5. The van der Waals surface area contributed by atoms with Crippen LogP contribution in [0.15, 0.2) is 66.7 Å². The number of carbonyl (C=O) groups excluding carboxylic acids is 1. The molecule has 0 bridgehead atoms. The maximum absolute atomic E-state index is 11.8. The molecule has 1 aliphatic heterocycles. The van der Waals surface area contributed by atoms with E-state index >= 15 is 0 Å². The molecule has 3 aromatic carbocycles. The standard InChI is InChI=1S/C31H38N6O2/c1-4-23-8-10-24(11-9-23)30-34-27-6-5-7-28(29(27)35-30)37-18-16-36(17-19-37)20-21-39-26-14-12-25(13-15-26)33-31(38)32-22(2)3/h5-15,22H,4,16-21H2,1-3H3,(H,34,35)(H2,32,33,38). The Morgan fingerprint density at radius 2 is 1.74 bits per heavy atom. The van der Waals surface area contributed by atoms with Crippen LogP contribution in [0.1, 0.15) is 26.3 Å². The van der Waals surface area contributed by atoms with Crippen molar-refractivity contribution in [1.29, 1.82) is 0 Å². The molecule has 0 atom stereocenters. The minimum atomic E-state index is -0.205. The minimum Gasteiger partial charge on any atom is -0.492 e. The van der Waals surface area contributed by atoms with Crippen LogP contribution in [0.25, 0.3) is 22.4 Å². The maximum Gasteiger partial charge on any atom is 0.319 e. The van der Waals surface area contributed by atoms with Crippen LogP contribution in [0.3, 0.4) is 0 Å². The average Bonchev–Trinajstić information content (AvgIpc) is 3.39. The summed E-state index contributed by atoms with van der Waals surface area (Å²) in [5.41, 5.74) is 6.47. The number of amides is 2. The average molecular weight is 527 g/mol. The maximum atomic E-state index is 11.8. The monoisotopic (exact) mass is 526 g/mol. The van der Waals surface area contributed by atoms with Crippen LogP contribution in [0.4, 0.5) is 16.2 Å². The van der Waals surface area contributed by atoms with Gasteiger partial charge in [0, 0.05) is 50.0 Å². The third kappa shape index (κ3) is 6.70. The Labute approximate surface area is 230 Å². The molecule has 0 saturated carbocycles. The number of anilines is 2. The van der Waals surface area contributed by atoms with E-state index in [0.29, 0.717) is 6.61 Å². The zero-order chi connectivity index (χ0) is 27.2. The largest absolute Gasteiger partial charge is 0.492 e. The summed E-state index contributed by atoms with van der Waals surface area (Å²) in [4.78, 5) is 25.2. The van der Waals surface area contributed by atoms with Crippen LogP contribution >= 0.6 is 0 Å². The van der Waals surface area contributed by atoms with E-state index in [1.807, 2.05) is 38.1 Å². The zero-order valence-corrected chi connectivity index (χ0v) is 23.0. The second kappa shape index (κ2) is 12.2. The first-order valence-electron chi connectivity index (χ1n) is 13.8. The summed E-state index contributed by atoms with van der Waals surface area (Å²) in [5, 5.41) is 5.64. The summed E-state index contributed by atoms with van der Waals surface area (Å²) in [7, 11) is 0. The number of ether oxygens (including phenoxy) is 1. The molecular formula is C31H38N6O2. The molecule has 1 aromatic heterocycles. The minimum absolute atomic E-state index is 0.0928. The first-order chi connectivity index (χ1) is 19.0. The number of nitrogens with zero attached hydrogens (tertiary/aromatic N) is 3. The van der Waals surface area contributed by atoms with Gasteiger partial charge >= 0.3 is 6.03 Å². The lowest BCUT2D eigenvalue weighted by Gasteiger charge is -2.36. The Kier molecular flexibility index (Phi) is 8.32. The Morgan fingerprint density at radius 1 is 1.00 bits per heavy atom. The predicted molar refractivity (Wildman–Crippen MR) is 159 cm³/mol. The summed E-state index contributed by atoms with van der Waals surface area (Å²) < 4.78 is 5.96. The first kappa shape index (κ1) is 26.6. The molecule has 204 valence electrons. The van der Waals surface area contributed by atoms with Crippen LogP contribution in [0.5, 0.6) is 5.75 Å². The molecule has 8 nitrogen and oxygen atoms in total. The van der Waals surface area contributed by atoms with E-state index in [0.717, 1.165) is 73.0 Å². The van der Waals surface area contributed by atoms with Gasteiger partial charge in [-0.2, -0.15) is 0 Å². The van der Waals surface area contributed by atoms with Crippen molar-refractivity contribution >= 4 is 28.4 Å². The Morgan fingerprint density at radius 3 is 2.44 bits per heavy atom. The van der Waals surface area contributed by atoms with Gasteiger partial charge in [0.2, 0.25) is 0 Å². The quantitative estimate of drug-likeness (QED) is 0.267. The van der Waals surface area contributed by atoms with Crippen molar-refractivity contribution in [2.45, 2.75) is 33.2 Å². The lowest BCUT2D eigenvalue weighted by Crippen LogP contribution is -2.47. The molecule has 0 aliphatic carbocycles. The smallest absolute Gasteiger partial charge is 0.319 e. The number of aromatic nitrogens is 2. The molecule has 2 heterocycles. The second-order valence-electron chi connectivity index (χ2n) is 10.3. The van der Waals surface area contributed by atoms with Gasteiger partial charge in [0.25, 0.3) is 0 Å². The van der Waals surface area contributed by atoms with Crippen molar-refractivity contribution < 1.29 is 9.53 Å². The normalized spacial score (nSPS) is 14.1. The highest BCUT2D eigenvalue weighted by molar-refractivity contribution is 5.91. The number of hydrogen-bond acceptors (Lipinski definition) is 5. The fourth-order valence-corrected chi connectivity index (χ4v) is 4.88. The van der Waals surface area contributed by atoms with Crippen molar-refractivity contribution in [1.82, 2.24) is 20.2 Å². The van der Waals surface area contributed by atoms with Gasteiger partial charge in [-0.1, -0.05) is 37.3 Å². The van der Waals surface area contributed by atoms with E-state index in [2.05, 4.69) is 74.8 Å². The number of hydrogen-bond donors (Lipinski definition) is 3. The number of imidazole rings is 1. The third-order valence-corrected chi connectivity index (χ3v) is 7.05. The number of piperazine rings is 1. The van der Waals surface area contributed by atoms with Crippen LogP contribution in [-0.4, -0.2) is 66.3 Å². The lowest BCUT2D eigenvalue weighted by atomic mass is 10.1. The number of aryl methyl sites for hydroxylation is 1. The van der Waals surface area contributed by atoms with Crippen LogP contribution in [0, 0.1) is 0 Å². The van der Waals surface area contributed by atoms with Crippen LogP contribution in [0.2, 0.25) is 0 Å². The molecule has 0 radical (unpaired) electrons. The summed E-state index contributed by atoms with van der Waals surface area (Å²) >= 11 is 0. The lowest BCUT2D eigenvalue weighted by molar-refractivity contribution is 0.200. The number of H-pyrrole nitrogens is 1. The molecule has 1 fully saturated rings. The Hall–Kier alpha value is -4.04. The van der Waals surface area contributed by atoms with Crippen molar-refractivity contribution in [3.8, 4) is 17.1 Å². The number of benzene rings is 3. The number of rotatable bonds is 9. The van der Waals surface area contributed by atoms with E-state index in [4.69, 9.17) is 9.72 Å². The van der Waals surface area contributed by atoms with Gasteiger partial charge in [0.1, 0.15) is 23.7 Å². The Bertz CT molecular complexity index is 1370.